The molecule has 0 saturated carbocycles. The highest BCUT2D eigenvalue weighted by Crippen LogP contribution is 2.32. The molecular formula is C20H23N7OS. The second-order valence-electron chi connectivity index (χ2n) is 7.10. The van der Waals surface area contributed by atoms with Crippen LogP contribution in [0.2, 0.25) is 0 Å². The van der Waals surface area contributed by atoms with Crippen LogP contribution in [-0.2, 0) is 4.79 Å². The summed E-state index contributed by atoms with van der Waals surface area (Å²) in [4.78, 5) is 28.1. The summed E-state index contributed by atoms with van der Waals surface area (Å²) < 4.78 is 0. The third kappa shape index (κ3) is 4.51. The highest BCUT2D eigenvalue weighted by atomic mass is 32.1. The Bertz CT molecular complexity index is 1050. The molecule has 1 saturated heterocycles. The van der Waals surface area contributed by atoms with Crippen molar-refractivity contribution in [1.82, 2.24) is 30.0 Å². The van der Waals surface area contributed by atoms with Crippen molar-refractivity contribution < 1.29 is 4.79 Å². The summed E-state index contributed by atoms with van der Waals surface area (Å²) in [7, 11) is 0. The van der Waals surface area contributed by atoms with Crippen LogP contribution in [0.3, 0.4) is 0 Å². The summed E-state index contributed by atoms with van der Waals surface area (Å²) in [5.41, 5.74) is 2.62. The molecule has 1 aliphatic heterocycles. The molecule has 0 unspecified atom stereocenters. The molecule has 0 spiro atoms. The molecule has 0 radical (unpaired) electrons. The van der Waals surface area contributed by atoms with E-state index in [2.05, 4.69) is 30.5 Å². The smallest absolute Gasteiger partial charge is 0.247 e. The first-order valence-corrected chi connectivity index (χ1v) is 10.4. The van der Waals surface area contributed by atoms with Gasteiger partial charge in [0.05, 0.1) is 22.4 Å². The molecule has 1 aliphatic rings. The van der Waals surface area contributed by atoms with E-state index in [1.807, 2.05) is 43.2 Å². The fraction of sp³-hybridized carbons (Fsp3) is 0.350. The summed E-state index contributed by atoms with van der Waals surface area (Å²) in [5.74, 6) is 2.01. The van der Waals surface area contributed by atoms with E-state index >= 15 is 0 Å². The van der Waals surface area contributed by atoms with E-state index in [0.29, 0.717) is 24.0 Å². The van der Waals surface area contributed by atoms with Crippen molar-refractivity contribution in [3.05, 3.63) is 51.5 Å². The Morgan fingerprint density at radius 2 is 2.10 bits per heavy atom. The minimum Gasteiger partial charge on any atom is -0.331 e. The van der Waals surface area contributed by atoms with Crippen LogP contribution < -0.4 is 5.32 Å². The zero-order valence-electron chi connectivity index (χ0n) is 16.6. The van der Waals surface area contributed by atoms with Crippen molar-refractivity contribution in [1.29, 1.82) is 0 Å². The number of aromatic nitrogens is 5. The molecule has 1 atom stereocenters. The zero-order valence-corrected chi connectivity index (χ0v) is 17.5. The van der Waals surface area contributed by atoms with Crippen LogP contribution in [0.1, 0.15) is 46.8 Å². The van der Waals surface area contributed by atoms with Crippen LogP contribution in [0.15, 0.2) is 23.6 Å². The number of thiazole rings is 1. The molecule has 29 heavy (non-hydrogen) atoms. The van der Waals surface area contributed by atoms with Gasteiger partial charge in [0, 0.05) is 35.8 Å². The van der Waals surface area contributed by atoms with Crippen molar-refractivity contribution in [2.75, 3.05) is 11.9 Å². The first-order chi connectivity index (χ1) is 14.0. The van der Waals surface area contributed by atoms with Gasteiger partial charge in [0.25, 0.3) is 0 Å². The number of likely N-dealkylation sites (tertiary alicyclic amines) is 1. The van der Waals surface area contributed by atoms with Crippen molar-refractivity contribution in [2.45, 2.75) is 39.7 Å². The molecule has 2 N–H and O–H groups in total. The van der Waals surface area contributed by atoms with E-state index in [4.69, 9.17) is 0 Å². The Morgan fingerprint density at radius 1 is 1.24 bits per heavy atom. The van der Waals surface area contributed by atoms with Gasteiger partial charge in [-0.05, 0) is 39.7 Å². The average Bonchev–Trinajstić information content (AvgIpc) is 3.41. The third-order valence-electron chi connectivity index (χ3n) is 4.73. The van der Waals surface area contributed by atoms with Gasteiger partial charge in [0.1, 0.15) is 11.6 Å². The Morgan fingerprint density at radius 3 is 2.83 bits per heavy atom. The van der Waals surface area contributed by atoms with Gasteiger partial charge in [-0.1, -0.05) is 0 Å². The number of nitrogens with one attached hydrogen (secondary N) is 2. The molecule has 4 heterocycles. The summed E-state index contributed by atoms with van der Waals surface area (Å²) in [6.07, 6.45) is 5.21. The Balaban J connectivity index is 1.53. The lowest BCUT2D eigenvalue weighted by atomic mass is 10.1. The number of aromatic amines is 1. The SMILES string of the molecule is Cc1nc(Nc2cc(C)[nH]n2)cc([C@H]2CCCN2C(=O)/C=C/c2csc(C)n2)n1. The van der Waals surface area contributed by atoms with Crippen LogP contribution in [0.5, 0.6) is 0 Å². The minimum atomic E-state index is -0.0625. The molecule has 1 amide bonds. The maximum Gasteiger partial charge on any atom is 0.247 e. The molecular weight excluding hydrogens is 386 g/mol. The zero-order chi connectivity index (χ0) is 20.4. The van der Waals surface area contributed by atoms with E-state index in [9.17, 15) is 4.79 Å². The van der Waals surface area contributed by atoms with E-state index in [1.54, 1.807) is 23.5 Å². The molecule has 0 bridgehead atoms. The second kappa shape index (κ2) is 8.12. The first-order valence-electron chi connectivity index (χ1n) is 9.53. The number of H-pyrrole nitrogens is 1. The number of hydrogen-bond donors (Lipinski definition) is 2. The number of hydrogen-bond acceptors (Lipinski definition) is 7. The van der Waals surface area contributed by atoms with Crippen molar-refractivity contribution in [3.63, 3.8) is 0 Å². The van der Waals surface area contributed by atoms with Gasteiger partial charge in [-0.15, -0.1) is 11.3 Å². The molecule has 3 aromatic heterocycles. The van der Waals surface area contributed by atoms with E-state index < -0.39 is 0 Å². The molecule has 4 rings (SSSR count). The van der Waals surface area contributed by atoms with Crippen LogP contribution >= 0.6 is 11.3 Å². The van der Waals surface area contributed by atoms with Gasteiger partial charge >= 0.3 is 0 Å². The number of nitrogens with zero attached hydrogens (tertiary/aromatic N) is 5. The number of aryl methyl sites for hydroxylation is 3. The molecule has 9 heteroatoms. The summed E-state index contributed by atoms with van der Waals surface area (Å²) in [6.45, 7) is 6.47. The molecule has 1 fully saturated rings. The normalized spacial score (nSPS) is 16.7. The quantitative estimate of drug-likeness (QED) is 0.623. The number of carbonyl (C=O) groups is 1. The van der Waals surface area contributed by atoms with Crippen molar-refractivity contribution in [2.24, 2.45) is 0 Å². The number of amides is 1. The van der Waals surface area contributed by atoms with Gasteiger partial charge in [-0.25, -0.2) is 15.0 Å². The lowest BCUT2D eigenvalue weighted by molar-refractivity contribution is -0.126. The maximum atomic E-state index is 12.8. The summed E-state index contributed by atoms with van der Waals surface area (Å²) in [6, 6.07) is 3.75. The van der Waals surface area contributed by atoms with Crippen LogP contribution in [0.25, 0.3) is 6.08 Å². The topological polar surface area (TPSA) is 99.7 Å². The summed E-state index contributed by atoms with van der Waals surface area (Å²) >= 11 is 1.57. The number of carbonyl (C=O) groups excluding carboxylic acids is 1. The van der Waals surface area contributed by atoms with Crippen LogP contribution in [0, 0.1) is 20.8 Å². The van der Waals surface area contributed by atoms with Crippen LogP contribution in [-0.4, -0.2) is 42.5 Å². The molecule has 8 nitrogen and oxygen atoms in total. The predicted molar refractivity (Wildman–Crippen MR) is 113 cm³/mol. The Kier molecular flexibility index (Phi) is 5.39. The van der Waals surface area contributed by atoms with Crippen LogP contribution in [0.4, 0.5) is 11.6 Å². The first kappa shape index (κ1) is 19.3. The van der Waals surface area contributed by atoms with E-state index in [0.717, 1.165) is 34.9 Å². The molecule has 150 valence electrons. The van der Waals surface area contributed by atoms with Gasteiger partial charge in [0.15, 0.2) is 5.82 Å². The van der Waals surface area contributed by atoms with Crippen molar-refractivity contribution >= 4 is 35.0 Å². The van der Waals surface area contributed by atoms with Gasteiger partial charge < -0.3 is 10.2 Å². The standard InChI is InChI=1S/C20H23N7OS/c1-12-9-19(26-25-12)24-18-10-16(21-13(2)22-18)17-5-4-8-27(17)20(28)7-6-15-11-29-14(3)23-15/h6-7,9-11,17H,4-5,8H2,1-3H3,(H2,21,22,24,25,26)/b7-6+/t17-/m1/s1. The highest BCUT2D eigenvalue weighted by molar-refractivity contribution is 7.09. The number of anilines is 2. The Hall–Kier alpha value is -3.07. The molecule has 3 aromatic rings. The van der Waals surface area contributed by atoms with E-state index in [1.165, 1.54) is 0 Å². The molecule has 0 aliphatic carbocycles. The number of rotatable bonds is 5. The average molecular weight is 410 g/mol. The largest absolute Gasteiger partial charge is 0.331 e. The summed E-state index contributed by atoms with van der Waals surface area (Å²) in [5, 5.41) is 13.2. The lowest BCUT2D eigenvalue weighted by Gasteiger charge is -2.23. The van der Waals surface area contributed by atoms with Gasteiger partial charge in [0.2, 0.25) is 5.91 Å². The molecule has 0 aromatic carbocycles. The maximum absolute atomic E-state index is 12.8. The van der Waals surface area contributed by atoms with Gasteiger partial charge in [-0.2, -0.15) is 5.10 Å². The Labute approximate surface area is 173 Å². The fourth-order valence-corrected chi connectivity index (χ4v) is 4.07. The fourth-order valence-electron chi connectivity index (χ4n) is 3.49. The predicted octanol–water partition coefficient (Wildman–Crippen LogP) is 3.70. The van der Waals surface area contributed by atoms with E-state index in [-0.39, 0.29) is 11.9 Å². The van der Waals surface area contributed by atoms with Gasteiger partial charge in [-0.3, -0.25) is 9.89 Å². The third-order valence-corrected chi connectivity index (χ3v) is 5.52. The monoisotopic (exact) mass is 409 g/mol. The highest BCUT2D eigenvalue weighted by Gasteiger charge is 2.30. The lowest BCUT2D eigenvalue weighted by Crippen LogP contribution is -2.29. The second-order valence-corrected chi connectivity index (χ2v) is 8.16. The van der Waals surface area contributed by atoms with Crippen molar-refractivity contribution in [3.8, 4) is 0 Å². The minimum absolute atomic E-state index is 0.0214.